The summed E-state index contributed by atoms with van der Waals surface area (Å²) in [5, 5.41) is 3.03. The van der Waals surface area contributed by atoms with Gasteiger partial charge < -0.3 is 14.8 Å². The van der Waals surface area contributed by atoms with E-state index < -0.39 is 0 Å². The van der Waals surface area contributed by atoms with Gasteiger partial charge in [-0.2, -0.15) is 0 Å². The van der Waals surface area contributed by atoms with Crippen LogP contribution >= 0.6 is 0 Å². The number of Topliss-reactive ketones (excluding diaryl/α,β-unsaturated/α-hetero) is 1. The van der Waals surface area contributed by atoms with Gasteiger partial charge in [0.15, 0.2) is 17.3 Å². The molecule has 1 fully saturated rings. The molecule has 146 valence electrons. The quantitative estimate of drug-likeness (QED) is 0.773. The number of hydrogen-bond acceptors (Lipinski definition) is 4. The molecule has 1 unspecified atom stereocenters. The molecule has 0 radical (unpaired) electrons. The zero-order chi connectivity index (χ0) is 19.5. The molecule has 0 saturated heterocycles. The Morgan fingerprint density at radius 1 is 1.00 bits per heavy atom. The van der Waals surface area contributed by atoms with Crippen LogP contribution in [0.5, 0.6) is 11.5 Å². The van der Waals surface area contributed by atoms with Crippen LogP contribution in [-0.2, 0) is 4.79 Å². The molecule has 5 heteroatoms. The smallest absolute Gasteiger partial charge is 0.232 e. The monoisotopic (exact) mass is 379 g/mol. The van der Waals surface area contributed by atoms with Gasteiger partial charge in [0, 0.05) is 11.3 Å². The maximum absolute atomic E-state index is 13.3. The van der Waals surface area contributed by atoms with Crippen molar-refractivity contribution in [1.82, 2.24) is 0 Å². The molecule has 4 rings (SSSR count). The summed E-state index contributed by atoms with van der Waals surface area (Å²) in [6.45, 7) is 2.59. The first-order chi connectivity index (χ1) is 13.6. The fourth-order valence-electron chi connectivity index (χ4n) is 4.22. The van der Waals surface area contributed by atoms with Crippen LogP contribution in [0, 0.1) is 5.92 Å². The molecule has 1 atom stereocenters. The maximum atomic E-state index is 13.3. The third-order valence-electron chi connectivity index (χ3n) is 5.62. The minimum atomic E-state index is -0.251. The van der Waals surface area contributed by atoms with Crippen molar-refractivity contribution in [1.29, 1.82) is 0 Å². The lowest BCUT2D eigenvalue weighted by Gasteiger charge is -2.25. The number of fused-ring (bicyclic) bond motifs is 1. The van der Waals surface area contributed by atoms with Crippen LogP contribution in [0.3, 0.4) is 0 Å². The zero-order valence-corrected chi connectivity index (χ0v) is 16.1. The minimum absolute atomic E-state index is 0.0183. The van der Waals surface area contributed by atoms with Gasteiger partial charge in [0.25, 0.3) is 0 Å². The molecule has 5 nitrogen and oxygen atoms in total. The predicted octanol–water partition coefficient (Wildman–Crippen LogP) is 4.57. The summed E-state index contributed by atoms with van der Waals surface area (Å²) in [7, 11) is 0. The summed E-state index contributed by atoms with van der Waals surface area (Å²) in [5.41, 5.74) is 2.20. The van der Waals surface area contributed by atoms with E-state index in [1.807, 2.05) is 24.3 Å². The van der Waals surface area contributed by atoms with Gasteiger partial charge in [0.1, 0.15) is 13.2 Å². The lowest BCUT2D eigenvalue weighted by atomic mass is 9.84. The Kier molecular flexibility index (Phi) is 5.33. The maximum Gasteiger partial charge on any atom is 0.232 e. The Bertz CT molecular complexity index is 886. The molecular formula is C23H25NO4. The molecule has 28 heavy (non-hydrogen) atoms. The molecule has 1 saturated carbocycles. The van der Waals surface area contributed by atoms with Gasteiger partial charge >= 0.3 is 0 Å². The number of nitrogens with one attached hydrogen (secondary N) is 1. The van der Waals surface area contributed by atoms with Gasteiger partial charge in [-0.3, -0.25) is 9.59 Å². The second-order valence-electron chi connectivity index (χ2n) is 7.55. The van der Waals surface area contributed by atoms with Crippen molar-refractivity contribution in [3.05, 3.63) is 53.6 Å². The number of benzene rings is 2. The number of rotatable bonds is 5. The summed E-state index contributed by atoms with van der Waals surface area (Å²) in [5.74, 6) is 1.44. The highest BCUT2D eigenvalue weighted by molar-refractivity contribution is 5.99. The Morgan fingerprint density at radius 3 is 2.50 bits per heavy atom. The van der Waals surface area contributed by atoms with E-state index in [1.165, 1.54) is 6.92 Å². The lowest BCUT2D eigenvalue weighted by molar-refractivity contribution is -0.118. The summed E-state index contributed by atoms with van der Waals surface area (Å²) < 4.78 is 11.3. The molecule has 2 aliphatic rings. The van der Waals surface area contributed by atoms with E-state index in [4.69, 9.17) is 9.47 Å². The van der Waals surface area contributed by atoms with E-state index in [0.29, 0.717) is 36.1 Å². The fraction of sp³-hybridized carbons (Fsp3) is 0.391. The number of hydrogen-bond donors (Lipinski definition) is 1. The molecule has 2 aromatic carbocycles. The zero-order valence-electron chi connectivity index (χ0n) is 16.1. The van der Waals surface area contributed by atoms with Crippen LogP contribution in [0.15, 0.2) is 42.5 Å². The summed E-state index contributed by atoms with van der Waals surface area (Å²) in [4.78, 5) is 24.9. The van der Waals surface area contributed by atoms with E-state index in [1.54, 1.807) is 18.2 Å². The second-order valence-corrected chi connectivity index (χ2v) is 7.55. The average Bonchev–Trinajstić information content (AvgIpc) is 3.22. The molecule has 1 amide bonds. The van der Waals surface area contributed by atoms with Crippen molar-refractivity contribution in [2.45, 2.75) is 38.5 Å². The minimum Gasteiger partial charge on any atom is -0.486 e. The van der Waals surface area contributed by atoms with Crippen molar-refractivity contribution >= 4 is 17.4 Å². The highest BCUT2D eigenvalue weighted by atomic mass is 16.6. The Labute approximate surface area is 165 Å². The molecule has 1 heterocycles. The van der Waals surface area contributed by atoms with Crippen LogP contribution in [0.2, 0.25) is 0 Å². The van der Waals surface area contributed by atoms with E-state index in [2.05, 4.69) is 5.32 Å². The number of anilines is 1. The summed E-state index contributed by atoms with van der Waals surface area (Å²) in [6, 6.07) is 12.9. The Hall–Kier alpha value is -2.82. The largest absolute Gasteiger partial charge is 0.486 e. The number of amides is 1. The lowest BCUT2D eigenvalue weighted by Crippen LogP contribution is -2.27. The second kappa shape index (κ2) is 8.05. The first-order valence-electron chi connectivity index (χ1n) is 9.93. The van der Waals surface area contributed by atoms with Crippen LogP contribution in [0.25, 0.3) is 0 Å². The molecule has 2 aromatic rings. The summed E-state index contributed by atoms with van der Waals surface area (Å²) >= 11 is 0. The number of ether oxygens (including phenoxy) is 2. The third-order valence-corrected chi connectivity index (χ3v) is 5.62. The number of carbonyl (C=O) groups is 2. The third kappa shape index (κ3) is 3.88. The van der Waals surface area contributed by atoms with Gasteiger partial charge in [-0.15, -0.1) is 0 Å². The molecule has 1 aliphatic heterocycles. The normalized spacial score (nSPS) is 17.2. The fourth-order valence-corrected chi connectivity index (χ4v) is 4.22. The molecule has 0 spiro atoms. The number of ketones is 1. The first kappa shape index (κ1) is 18.5. The topological polar surface area (TPSA) is 64.6 Å². The Balaban J connectivity index is 1.62. The summed E-state index contributed by atoms with van der Waals surface area (Å²) in [6.07, 6.45) is 4.39. The van der Waals surface area contributed by atoms with Crippen LogP contribution in [0.1, 0.15) is 54.4 Å². The highest BCUT2D eigenvalue weighted by Crippen LogP contribution is 2.41. The molecule has 1 N–H and O–H groups in total. The first-order valence-corrected chi connectivity index (χ1v) is 9.93. The predicted molar refractivity (Wildman–Crippen MR) is 107 cm³/mol. The van der Waals surface area contributed by atoms with Gasteiger partial charge in [-0.1, -0.05) is 31.0 Å². The van der Waals surface area contributed by atoms with E-state index >= 15 is 0 Å². The highest BCUT2D eigenvalue weighted by Gasteiger charge is 2.33. The molecular weight excluding hydrogens is 354 g/mol. The standard InChI is InChI=1S/C23H25NO4/c1-15(25)17-7-4-8-19(13-17)24-23(26)22(16-5-2-3-6-16)18-9-10-20-21(14-18)28-12-11-27-20/h4,7-10,13-14,16,22H,2-3,5-6,11-12H2,1H3,(H,24,26). The average molecular weight is 379 g/mol. The van der Waals surface area contributed by atoms with Gasteiger partial charge in [-0.25, -0.2) is 0 Å². The van der Waals surface area contributed by atoms with Gasteiger partial charge in [0.2, 0.25) is 5.91 Å². The van der Waals surface area contributed by atoms with Crippen LogP contribution in [0.4, 0.5) is 5.69 Å². The van der Waals surface area contributed by atoms with Crippen molar-refractivity contribution < 1.29 is 19.1 Å². The van der Waals surface area contributed by atoms with Crippen molar-refractivity contribution in [2.24, 2.45) is 5.92 Å². The number of carbonyl (C=O) groups excluding carboxylic acids is 2. The SMILES string of the molecule is CC(=O)c1cccc(NC(=O)C(c2ccc3c(c2)OCCO3)C2CCCC2)c1. The molecule has 0 aromatic heterocycles. The molecule has 0 bridgehead atoms. The van der Waals surface area contributed by atoms with E-state index in [0.717, 1.165) is 37.0 Å². The van der Waals surface area contributed by atoms with Gasteiger partial charge in [0.05, 0.1) is 5.92 Å². The van der Waals surface area contributed by atoms with Crippen molar-refractivity contribution in [3.63, 3.8) is 0 Å². The van der Waals surface area contributed by atoms with Crippen LogP contribution in [-0.4, -0.2) is 24.9 Å². The van der Waals surface area contributed by atoms with E-state index in [-0.39, 0.29) is 17.6 Å². The van der Waals surface area contributed by atoms with E-state index in [9.17, 15) is 9.59 Å². The van der Waals surface area contributed by atoms with Crippen LogP contribution < -0.4 is 14.8 Å². The molecule has 1 aliphatic carbocycles. The Morgan fingerprint density at radius 2 is 1.75 bits per heavy atom. The van der Waals surface area contributed by atoms with Crippen molar-refractivity contribution in [2.75, 3.05) is 18.5 Å². The van der Waals surface area contributed by atoms with Gasteiger partial charge in [-0.05, 0) is 55.5 Å². The van der Waals surface area contributed by atoms with Crippen molar-refractivity contribution in [3.8, 4) is 11.5 Å².